The molecule has 0 bridgehead atoms. The van der Waals surface area contributed by atoms with E-state index in [0.717, 1.165) is 46.4 Å². The van der Waals surface area contributed by atoms with Crippen molar-refractivity contribution in [3.63, 3.8) is 0 Å². The summed E-state index contributed by atoms with van der Waals surface area (Å²) >= 11 is 6.50. The molecule has 6 nitrogen and oxygen atoms in total. The van der Waals surface area contributed by atoms with E-state index in [1.807, 2.05) is 18.2 Å². The van der Waals surface area contributed by atoms with Gasteiger partial charge in [-0.2, -0.15) is 13.2 Å². The van der Waals surface area contributed by atoms with Crippen LogP contribution in [0.4, 0.5) is 13.2 Å². The average molecular weight is 499 g/mol. The average Bonchev–Trinajstić information content (AvgIpc) is 3.29. The minimum Gasteiger partial charge on any atom is -0.454 e. The van der Waals surface area contributed by atoms with Crippen LogP contribution < -0.4 is 9.47 Å². The monoisotopic (exact) mass is 498 g/mol. The predicted molar refractivity (Wildman–Crippen MR) is 123 cm³/mol. The maximum atomic E-state index is 12.8. The Hall–Kier alpha value is -3.43. The molecular formula is C25H18ClF3N4O2. The fourth-order valence-corrected chi connectivity index (χ4v) is 4.60. The van der Waals surface area contributed by atoms with Gasteiger partial charge in [0, 0.05) is 60.4 Å². The number of ether oxygens (including phenoxy) is 2. The van der Waals surface area contributed by atoms with Crippen molar-refractivity contribution in [1.82, 2.24) is 19.9 Å². The fraction of sp³-hybridized carbons (Fsp3) is 0.240. The standard InChI is InChI=1S/C25H18ClF3N4O2/c26-23-16(7-15-8-21-22(35-13-34-21)9-20(15)31-23)11-33-6-5-19-17(12-33)10-30-24(32-19)14-1-3-18(4-2-14)25(27,28)29/h1-4,7-10H,5-6,11-13H2. The molecule has 0 aliphatic carbocycles. The van der Waals surface area contributed by atoms with Gasteiger partial charge in [-0.3, -0.25) is 4.90 Å². The molecule has 4 aromatic rings. The number of benzene rings is 2. The number of rotatable bonds is 3. The molecule has 0 saturated carbocycles. The highest BCUT2D eigenvalue weighted by molar-refractivity contribution is 6.30. The lowest BCUT2D eigenvalue weighted by atomic mass is 10.0. The first-order valence-corrected chi connectivity index (χ1v) is 11.3. The Morgan fingerprint density at radius 1 is 1.00 bits per heavy atom. The largest absolute Gasteiger partial charge is 0.454 e. The summed E-state index contributed by atoms with van der Waals surface area (Å²) in [6, 6.07) is 10.7. The molecule has 4 heterocycles. The van der Waals surface area contributed by atoms with Crippen LogP contribution in [0.15, 0.2) is 48.7 Å². The number of hydrogen-bond donors (Lipinski definition) is 0. The van der Waals surface area contributed by atoms with Crippen molar-refractivity contribution in [3.05, 3.63) is 76.2 Å². The molecule has 0 radical (unpaired) electrons. The predicted octanol–water partition coefficient (Wildman–Crippen LogP) is 5.65. The molecule has 2 aliphatic rings. The van der Waals surface area contributed by atoms with Crippen molar-refractivity contribution >= 4 is 22.5 Å². The van der Waals surface area contributed by atoms with Gasteiger partial charge in [0.25, 0.3) is 0 Å². The quantitative estimate of drug-likeness (QED) is 0.340. The second-order valence-corrected chi connectivity index (χ2v) is 8.90. The maximum absolute atomic E-state index is 12.8. The van der Waals surface area contributed by atoms with E-state index < -0.39 is 11.7 Å². The van der Waals surface area contributed by atoms with Gasteiger partial charge in [0.05, 0.1) is 16.8 Å². The van der Waals surface area contributed by atoms with Gasteiger partial charge in [0.1, 0.15) is 5.15 Å². The summed E-state index contributed by atoms with van der Waals surface area (Å²) in [6.07, 6.45) is -1.92. The number of aromatic nitrogens is 3. The molecule has 0 saturated heterocycles. The van der Waals surface area contributed by atoms with Crippen LogP contribution in [0.5, 0.6) is 11.5 Å². The lowest BCUT2D eigenvalue weighted by Gasteiger charge is -2.28. The number of hydrogen-bond acceptors (Lipinski definition) is 6. The topological polar surface area (TPSA) is 60.4 Å². The van der Waals surface area contributed by atoms with Gasteiger partial charge < -0.3 is 9.47 Å². The highest BCUT2D eigenvalue weighted by Gasteiger charge is 2.30. The Kier molecular flexibility index (Phi) is 5.26. The summed E-state index contributed by atoms with van der Waals surface area (Å²) in [7, 11) is 0. The molecule has 0 atom stereocenters. The van der Waals surface area contributed by atoms with Crippen molar-refractivity contribution in [1.29, 1.82) is 0 Å². The number of alkyl halides is 3. The molecule has 2 aliphatic heterocycles. The lowest BCUT2D eigenvalue weighted by Crippen LogP contribution is -2.31. The first-order valence-electron chi connectivity index (χ1n) is 11.0. The summed E-state index contributed by atoms with van der Waals surface area (Å²) in [5.41, 5.74) is 3.40. The van der Waals surface area contributed by atoms with Gasteiger partial charge in [-0.05, 0) is 24.3 Å². The third kappa shape index (κ3) is 4.26. The Labute approximate surface area is 203 Å². The van der Waals surface area contributed by atoms with Crippen LogP contribution in [0.2, 0.25) is 5.15 Å². The Bertz CT molecular complexity index is 1440. The normalized spacial score (nSPS) is 15.4. The molecule has 10 heteroatoms. The van der Waals surface area contributed by atoms with Crippen molar-refractivity contribution < 1.29 is 22.6 Å². The number of nitrogens with zero attached hydrogens (tertiary/aromatic N) is 4. The number of pyridine rings is 1. The van der Waals surface area contributed by atoms with E-state index in [4.69, 9.17) is 21.1 Å². The summed E-state index contributed by atoms with van der Waals surface area (Å²) < 4.78 is 49.4. The van der Waals surface area contributed by atoms with Gasteiger partial charge in [0.2, 0.25) is 6.79 Å². The summed E-state index contributed by atoms with van der Waals surface area (Å²) in [6.45, 7) is 2.20. The van der Waals surface area contributed by atoms with Crippen molar-refractivity contribution in [2.45, 2.75) is 25.7 Å². The second-order valence-electron chi connectivity index (χ2n) is 8.54. The molecule has 2 aromatic carbocycles. The van der Waals surface area contributed by atoms with Crippen molar-refractivity contribution in [3.8, 4) is 22.9 Å². The fourth-order valence-electron chi connectivity index (χ4n) is 4.39. The Morgan fingerprint density at radius 2 is 1.77 bits per heavy atom. The molecule has 0 amide bonds. The zero-order chi connectivity index (χ0) is 24.2. The van der Waals surface area contributed by atoms with E-state index in [1.54, 1.807) is 6.20 Å². The van der Waals surface area contributed by atoms with E-state index in [1.165, 1.54) is 12.1 Å². The first kappa shape index (κ1) is 22.1. The zero-order valence-corrected chi connectivity index (χ0v) is 19.0. The molecule has 0 spiro atoms. The molecule has 6 rings (SSSR count). The third-order valence-corrected chi connectivity index (χ3v) is 6.54. The maximum Gasteiger partial charge on any atom is 0.416 e. The van der Waals surface area contributed by atoms with Gasteiger partial charge in [-0.1, -0.05) is 23.7 Å². The molecule has 0 unspecified atom stereocenters. The highest BCUT2D eigenvalue weighted by Crippen LogP contribution is 2.37. The smallest absolute Gasteiger partial charge is 0.416 e. The van der Waals surface area contributed by atoms with Crippen LogP contribution >= 0.6 is 11.6 Å². The minimum absolute atomic E-state index is 0.197. The highest BCUT2D eigenvalue weighted by atomic mass is 35.5. The van der Waals surface area contributed by atoms with Gasteiger partial charge in [-0.25, -0.2) is 15.0 Å². The summed E-state index contributed by atoms with van der Waals surface area (Å²) in [4.78, 5) is 15.8. The van der Waals surface area contributed by atoms with Crippen LogP contribution in [0.3, 0.4) is 0 Å². The first-order chi connectivity index (χ1) is 16.8. The Morgan fingerprint density at radius 3 is 2.54 bits per heavy atom. The minimum atomic E-state index is -4.37. The van der Waals surface area contributed by atoms with Crippen LogP contribution in [-0.4, -0.2) is 33.2 Å². The van der Waals surface area contributed by atoms with Gasteiger partial charge in [-0.15, -0.1) is 0 Å². The number of halogens is 4. The SMILES string of the molecule is FC(F)(F)c1ccc(-c2ncc3c(n2)CCN(Cc2cc4cc5c(cc4nc2Cl)OCO5)C3)cc1. The van der Waals surface area contributed by atoms with E-state index >= 15 is 0 Å². The van der Waals surface area contributed by atoms with Crippen LogP contribution in [0, 0.1) is 0 Å². The van der Waals surface area contributed by atoms with Crippen LogP contribution in [-0.2, 0) is 25.7 Å². The summed E-state index contributed by atoms with van der Waals surface area (Å²) in [5, 5.41) is 1.37. The van der Waals surface area contributed by atoms with Crippen molar-refractivity contribution in [2.24, 2.45) is 0 Å². The lowest BCUT2D eigenvalue weighted by molar-refractivity contribution is -0.137. The molecule has 2 aromatic heterocycles. The van der Waals surface area contributed by atoms with Crippen LogP contribution in [0.25, 0.3) is 22.3 Å². The van der Waals surface area contributed by atoms with Gasteiger partial charge >= 0.3 is 6.18 Å². The molecule has 0 N–H and O–H groups in total. The molecule has 35 heavy (non-hydrogen) atoms. The van der Waals surface area contributed by atoms with Crippen LogP contribution in [0.1, 0.15) is 22.4 Å². The second kappa shape index (κ2) is 8.35. The van der Waals surface area contributed by atoms with E-state index in [2.05, 4.69) is 19.9 Å². The molecule has 0 fully saturated rings. The van der Waals surface area contributed by atoms with E-state index in [0.29, 0.717) is 47.6 Å². The van der Waals surface area contributed by atoms with E-state index in [-0.39, 0.29) is 6.79 Å². The zero-order valence-electron chi connectivity index (χ0n) is 18.3. The summed E-state index contributed by atoms with van der Waals surface area (Å²) in [5.74, 6) is 1.78. The van der Waals surface area contributed by atoms with Crippen molar-refractivity contribution in [2.75, 3.05) is 13.3 Å². The van der Waals surface area contributed by atoms with E-state index in [9.17, 15) is 13.2 Å². The third-order valence-electron chi connectivity index (χ3n) is 6.21. The Balaban J connectivity index is 1.20. The molecular weight excluding hydrogens is 481 g/mol. The number of fused-ring (bicyclic) bond motifs is 3. The molecule has 178 valence electrons. The van der Waals surface area contributed by atoms with Gasteiger partial charge in [0.15, 0.2) is 17.3 Å².